The van der Waals surface area contributed by atoms with Crippen molar-refractivity contribution >= 4 is 35.3 Å². The number of alkyl halides is 9. The van der Waals surface area contributed by atoms with Crippen LogP contribution < -0.4 is 10.2 Å². The summed E-state index contributed by atoms with van der Waals surface area (Å²) in [5.41, 5.74) is -7.71. The lowest BCUT2D eigenvalue weighted by Gasteiger charge is -2.29. The van der Waals surface area contributed by atoms with Crippen LogP contribution in [0.3, 0.4) is 0 Å². The number of hydrogen-bond acceptors (Lipinski definition) is 5. The van der Waals surface area contributed by atoms with E-state index in [1.54, 1.807) is 0 Å². The van der Waals surface area contributed by atoms with Crippen LogP contribution in [0.1, 0.15) is 23.2 Å². The molecule has 0 aliphatic carbocycles. The average molecular weight is 580 g/mol. The number of aryl methyl sites for hydroxylation is 1. The normalized spacial score (nSPS) is 18.1. The number of nitrogens with one attached hydrogen (secondary N) is 1. The van der Waals surface area contributed by atoms with Gasteiger partial charge in [-0.3, -0.25) is 14.3 Å². The van der Waals surface area contributed by atoms with Crippen LogP contribution in [0.4, 0.5) is 45.2 Å². The first kappa shape index (κ1) is 29.1. The molecule has 8 nitrogen and oxygen atoms in total. The minimum Gasteiger partial charge on any atom is -0.374 e. The fraction of sp³-hybridized carbons (Fsp3) is 0.400. The zero-order chi connectivity index (χ0) is 28.7. The quantitative estimate of drug-likeness (QED) is 0.391. The van der Waals surface area contributed by atoms with Gasteiger partial charge in [0.2, 0.25) is 12.3 Å². The summed E-state index contributed by atoms with van der Waals surface area (Å²) in [6.07, 6.45) is -16.1. The van der Waals surface area contributed by atoms with Gasteiger partial charge in [0, 0.05) is 18.8 Å². The summed E-state index contributed by atoms with van der Waals surface area (Å²) >= 11 is 6.01. The third kappa shape index (κ3) is 5.97. The van der Waals surface area contributed by atoms with E-state index in [1.165, 1.54) is 5.32 Å². The number of nitrogens with zero attached hydrogens (tertiary/aromatic N) is 4. The van der Waals surface area contributed by atoms with Crippen molar-refractivity contribution in [3.8, 4) is 0 Å². The third-order valence-electron chi connectivity index (χ3n) is 5.23. The number of oxime groups is 1. The highest BCUT2D eigenvalue weighted by Gasteiger charge is 2.65. The average Bonchev–Trinajstić information content (AvgIpc) is 3.41. The Kier molecular flexibility index (Phi) is 7.64. The number of halogens is 10. The second kappa shape index (κ2) is 9.99. The number of amides is 2. The van der Waals surface area contributed by atoms with Crippen LogP contribution in [0.15, 0.2) is 29.6 Å². The molecule has 1 atom stereocenters. The number of aromatic nitrogens is 2. The SMILES string of the molecule is Cn1cc(C2(C(F)(F)F)CC(c3ccc(Cl)c(N(C=O)CC(=O)NCC(F)(F)F)c3)=NO2)c(C(F)(F)F)n1. The lowest BCUT2D eigenvalue weighted by atomic mass is 9.86. The van der Waals surface area contributed by atoms with Crippen LogP contribution in [-0.2, 0) is 33.3 Å². The summed E-state index contributed by atoms with van der Waals surface area (Å²) in [6.45, 7) is -2.63. The Bertz CT molecular complexity index is 1260. The van der Waals surface area contributed by atoms with Crippen molar-refractivity contribution < 1.29 is 53.9 Å². The van der Waals surface area contributed by atoms with E-state index in [4.69, 9.17) is 11.6 Å². The molecule has 1 N–H and O–H groups in total. The summed E-state index contributed by atoms with van der Waals surface area (Å²) in [5, 5.41) is 7.75. The van der Waals surface area contributed by atoms with Crippen LogP contribution in [-0.4, -0.2) is 53.3 Å². The molecule has 0 fully saturated rings. The van der Waals surface area contributed by atoms with Crippen molar-refractivity contribution in [2.45, 2.75) is 30.6 Å². The molecule has 0 radical (unpaired) electrons. The van der Waals surface area contributed by atoms with Gasteiger partial charge in [0.1, 0.15) is 13.1 Å². The van der Waals surface area contributed by atoms with Gasteiger partial charge in [-0.05, 0) is 12.1 Å². The smallest absolute Gasteiger partial charge is 0.374 e. The minimum atomic E-state index is -5.40. The molecule has 208 valence electrons. The van der Waals surface area contributed by atoms with E-state index in [-0.39, 0.29) is 22.7 Å². The summed E-state index contributed by atoms with van der Waals surface area (Å²) in [5.74, 6) is -1.23. The van der Waals surface area contributed by atoms with E-state index in [1.807, 2.05) is 0 Å². The summed E-state index contributed by atoms with van der Waals surface area (Å²) in [4.78, 5) is 28.5. The molecule has 0 saturated carbocycles. The van der Waals surface area contributed by atoms with E-state index >= 15 is 0 Å². The van der Waals surface area contributed by atoms with E-state index < -0.39 is 66.5 Å². The molecule has 0 saturated heterocycles. The monoisotopic (exact) mass is 579 g/mol. The van der Waals surface area contributed by atoms with Crippen molar-refractivity contribution in [2.75, 3.05) is 18.0 Å². The number of hydrogen-bond donors (Lipinski definition) is 1. The fourth-order valence-electron chi connectivity index (χ4n) is 3.53. The molecule has 1 aromatic carbocycles. The summed E-state index contributed by atoms with van der Waals surface area (Å²) < 4.78 is 120. The van der Waals surface area contributed by atoms with E-state index in [9.17, 15) is 49.1 Å². The van der Waals surface area contributed by atoms with Crippen molar-refractivity contribution in [3.05, 3.63) is 46.2 Å². The Balaban J connectivity index is 1.95. The summed E-state index contributed by atoms with van der Waals surface area (Å²) in [7, 11) is 0.990. The number of carbonyl (C=O) groups is 2. The molecular weight excluding hydrogens is 565 g/mol. The van der Waals surface area contributed by atoms with Crippen molar-refractivity contribution in [1.82, 2.24) is 15.1 Å². The highest BCUT2D eigenvalue weighted by molar-refractivity contribution is 6.34. The van der Waals surface area contributed by atoms with Gasteiger partial charge < -0.3 is 15.1 Å². The molecule has 0 spiro atoms. The molecule has 38 heavy (non-hydrogen) atoms. The van der Waals surface area contributed by atoms with Gasteiger partial charge in [-0.1, -0.05) is 22.8 Å². The maximum atomic E-state index is 14.2. The zero-order valence-electron chi connectivity index (χ0n) is 18.8. The number of anilines is 1. The highest BCUT2D eigenvalue weighted by atomic mass is 35.5. The molecule has 2 aromatic rings. The molecule has 18 heteroatoms. The molecule has 1 unspecified atom stereocenters. The van der Waals surface area contributed by atoms with Crippen LogP contribution in [0.2, 0.25) is 5.02 Å². The predicted octanol–water partition coefficient (Wildman–Crippen LogP) is 4.32. The Hall–Kier alpha value is -3.50. The van der Waals surface area contributed by atoms with Crippen LogP contribution in [0.25, 0.3) is 0 Å². The fourth-order valence-corrected chi connectivity index (χ4v) is 3.76. The standard InChI is InChI=1S/C20H15ClF9N5O3/c1-34-6-11(16(32-34)19(25,26)27)17(20(28,29)30)5-13(33-38-17)10-2-3-12(21)14(4-10)35(9-36)7-15(37)31-8-18(22,23)24/h2-4,6,9H,5,7-8H2,1H3,(H,31,37). The molecule has 2 amide bonds. The maximum Gasteiger partial charge on any atom is 0.435 e. The minimum absolute atomic E-state index is 0.0381. The van der Waals surface area contributed by atoms with E-state index in [0.29, 0.717) is 15.8 Å². The largest absolute Gasteiger partial charge is 0.435 e. The van der Waals surface area contributed by atoms with Crippen LogP contribution >= 0.6 is 11.6 Å². The number of carbonyl (C=O) groups excluding carboxylic acids is 2. The van der Waals surface area contributed by atoms with Gasteiger partial charge in [-0.2, -0.15) is 44.6 Å². The first-order valence-corrected chi connectivity index (χ1v) is 10.5. The number of rotatable bonds is 7. The molecule has 0 bridgehead atoms. The van der Waals surface area contributed by atoms with E-state index in [0.717, 1.165) is 25.2 Å². The maximum absolute atomic E-state index is 14.2. The van der Waals surface area contributed by atoms with Gasteiger partial charge in [0.05, 0.1) is 28.4 Å². The van der Waals surface area contributed by atoms with Crippen LogP contribution in [0, 0.1) is 0 Å². The predicted molar refractivity (Wildman–Crippen MR) is 112 cm³/mol. The lowest BCUT2D eigenvalue weighted by molar-refractivity contribution is -0.277. The molecule has 1 aliphatic heterocycles. The molecule has 3 rings (SSSR count). The Morgan fingerprint density at radius 3 is 2.42 bits per heavy atom. The first-order chi connectivity index (χ1) is 17.4. The van der Waals surface area contributed by atoms with Gasteiger partial charge in [-0.15, -0.1) is 0 Å². The molecular formula is C20H15ClF9N5O3. The topological polar surface area (TPSA) is 88.8 Å². The Labute approximate surface area is 211 Å². The van der Waals surface area contributed by atoms with Gasteiger partial charge >= 0.3 is 18.5 Å². The highest BCUT2D eigenvalue weighted by Crippen LogP contribution is 2.51. The molecule has 1 aromatic heterocycles. The van der Waals surface area contributed by atoms with Crippen LogP contribution in [0.5, 0.6) is 0 Å². The van der Waals surface area contributed by atoms with Gasteiger partial charge in [0.25, 0.3) is 5.60 Å². The summed E-state index contributed by atoms with van der Waals surface area (Å²) in [6, 6.07) is 3.19. The Morgan fingerprint density at radius 1 is 1.21 bits per heavy atom. The lowest BCUT2D eigenvalue weighted by Crippen LogP contribution is -2.43. The Morgan fingerprint density at radius 2 is 1.87 bits per heavy atom. The van der Waals surface area contributed by atoms with Crippen molar-refractivity contribution in [1.29, 1.82) is 0 Å². The van der Waals surface area contributed by atoms with Gasteiger partial charge in [-0.25, -0.2) is 0 Å². The third-order valence-corrected chi connectivity index (χ3v) is 5.55. The van der Waals surface area contributed by atoms with Crippen molar-refractivity contribution in [2.24, 2.45) is 12.2 Å². The zero-order valence-corrected chi connectivity index (χ0v) is 19.6. The molecule has 1 aliphatic rings. The van der Waals surface area contributed by atoms with E-state index in [2.05, 4.69) is 15.1 Å². The molecule has 2 heterocycles. The van der Waals surface area contributed by atoms with Crippen molar-refractivity contribution in [3.63, 3.8) is 0 Å². The van der Waals surface area contributed by atoms with Gasteiger partial charge in [0.15, 0.2) is 5.69 Å². The number of benzene rings is 1. The second-order valence-corrected chi connectivity index (χ2v) is 8.39. The second-order valence-electron chi connectivity index (χ2n) is 7.99. The first-order valence-electron chi connectivity index (χ1n) is 10.2.